The molecule has 7 rings (SSSR count). The lowest BCUT2D eigenvalue weighted by molar-refractivity contribution is -0.118. The molecule has 5 aromatic rings. The van der Waals surface area contributed by atoms with Gasteiger partial charge in [0.05, 0.1) is 15.9 Å². The Kier molecular flexibility index (Phi) is 5.45. The van der Waals surface area contributed by atoms with Gasteiger partial charge in [-0.15, -0.1) is 0 Å². The molecule has 1 aliphatic heterocycles. The molecular formula is C32H28N4O2S. The smallest absolute Gasteiger partial charge is 0.213 e. The summed E-state index contributed by atoms with van der Waals surface area (Å²) >= 11 is 1.61. The third-order valence-electron chi connectivity index (χ3n) is 7.51. The van der Waals surface area contributed by atoms with Crippen LogP contribution in [0.4, 0.5) is 5.82 Å². The van der Waals surface area contributed by atoms with Crippen LogP contribution in [0.25, 0.3) is 15.3 Å². The number of aryl methyl sites for hydroxylation is 1. The highest BCUT2D eigenvalue weighted by atomic mass is 32.1. The summed E-state index contributed by atoms with van der Waals surface area (Å²) in [7, 11) is 0. The van der Waals surface area contributed by atoms with E-state index in [1.807, 2.05) is 72.3 Å². The Morgan fingerprint density at radius 2 is 1.74 bits per heavy atom. The number of nitrogens with one attached hydrogen (secondary N) is 1. The van der Waals surface area contributed by atoms with Gasteiger partial charge in [0.1, 0.15) is 17.3 Å². The summed E-state index contributed by atoms with van der Waals surface area (Å²) in [4.78, 5) is 18.6. The topological polar surface area (TPSA) is 69.0 Å². The molecule has 2 aromatic heterocycles. The van der Waals surface area contributed by atoms with Crippen molar-refractivity contribution in [3.8, 4) is 16.6 Å². The Labute approximate surface area is 231 Å². The monoisotopic (exact) mass is 532 g/mol. The number of Topliss-reactive ketones (excluding diaryl/α,β-unsaturated/α-hetero) is 1. The van der Waals surface area contributed by atoms with Crippen molar-refractivity contribution in [3.05, 3.63) is 107 Å². The SMILES string of the molecule is Cc1nn(-c2nc3ccccc3s2)c2c1[C@@H](c1cccc(Oc3ccccc3)c1)C1=C(CC(C)(C)CC1=O)N2. The molecule has 1 aliphatic carbocycles. The molecule has 2 aliphatic rings. The second kappa shape index (κ2) is 8.92. The van der Waals surface area contributed by atoms with Gasteiger partial charge in [0, 0.05) is 29.2 Å². The highest BCUT2D eigenvalue weighted by Crippen LogP contribution is 2.51. The molecule has 3 aromatic carbocycles. The summed E-state index contributed by atoms with van der Waals surface area (Å²) in [5.74, 6) is 2.33. The maximum absolute atomic E-state index is 13.8. The average molecular weight is 533 g/mol. The van der Waals surface area contributed by atoms with Gasteiger partial charge in [0.15, 0.2) is 5.78 Å². The minimum Gasteiger partial charge on any atom is -0.457 e. The van der Waals surface area contributed by atoms with Crippen LogP contribution in [-0.2, 0) is 4.79 Å². The molecule has 1 atom stereocenters. The number of nitrogens with zero attached hydrogens (tertiary/aromatic N) is 3. The van der Waals surface area contributed by atoms with Crippen LogP contribution in [0.5, 0.6) is 11.5 Å². The molecule has 39 heavy (non-hydrogen) atoms. The fraction of sp³-hybridized carbons (Fsp3) is 0.219. The molecule has 0 spiro atoms. The van der Waals surface area contributed by atoms with Crippen molar-refractivity contribution in [2.75, 3.05) is 5.32 Å². The lowest BCUT2D eigenvalue weighted by Crippen LogP contribution is -2.34. The standard InChI is InChI=1S/C32H28N4O2S/c1-19-27-28(20-10-9-13-22(16-20)38-21-11-5-4-6-12-21)29-24(17-32(2,3)18-25(29)37)33-30(27)36(35-19)31-34-23-14-7-8-15-26(23)39-31/h4-16,28,33H,17-18H2,1-3H3/t28-/m1/s1. The van der Waals surface area contributed by atoms with Gasteiger partial charge in [0.2, 0.25) is 5.13 Å². The summed E-state index contributed by atoms with van der Waals surface area (Å²) in [6.07, 6.45) is 1.30. The fourth-order valence-corrected chi connectivity index (χ4v) is 6.80. The molecule has 0 amide bonds. The molecule has 0 bridgehead atoms. The Hall–Kier alpha value is -4.23. The number of para-hydroxylation sites is 2. The van der Waals surface area contributed by atoms with Crippen LogP contribution in [0.3, 0.4) is 0 Å². The van der Waals surface area contributed by atoms with Crippen molar-refractivity contribution >= 4 is 33.2 Å². The summed E-state index contributed by atoms with van der Waals surface area (Å²) in [5.41, 5.74) is 5.54. The first kappa shape index (κ1) is 23.9. The van der Waals surface area contributed by atoms with E-state index in [4.69, 9.17) is 14.8 Å². The number of carbonyl (C=O) groups is 1. The second-order valence-electron chi connectivity index (χ2n) is 11.1. The molecule has 6 nitrogen and oxygen atoms in total. The molecule has 0 saturated carbocycles. The number of anilines is 1. The number of rotatable bonds is 4. The molecule has 7 heteroatoms. The number of fused-ring (bicyclic) bond motifs is 2. The van der Waals surface area contributed by atoms with Crippen LogP contribution >= 0.6 is 11.3 Å². The summed E-state index contributed by atoms with van der Waals surface area (Å²) < 4.78 is 9.22. The van der Waals surface area contributed by atoms with E-state index < -0.39 is 0 Å². The van der Waals surface area contributed by atoms with E-state index in [0.717, 1.165) is 67.2 Å². The van der Waals surface area contributed by atoms with Gasteiger partial charge in [-0.1, -0.05) is 67.6 Å². The molecular weight excluding hydrogens is 504 g/mol. The van der Waals surface area contributed by atoms with Crippen LogP contribution < -0.4 is 10.1 Å². The first-order valence-corrected chi connectivity index (χ1v) is 14.0. The van der Waals surface area contributed by atoms with E-state index >= 15 is 0 Å². The number of carbonyl (C=O) groups excluding carboxylic acids is 1. The summed E-state index contributed by atoms with van der Waals surface area (Å²) in [5, 5.41) is 9.45. The van der Waals surface area contributed by atoms with Crippen LogP contribution in [0.2, 0.25) is 0 Å². The Morgan fingerprint density at radius 3 is 2.56 bits per heavy atom. The number of ether oxygens (including phenoxy) is 1. The van der Waals surface area contributed by atoms with Crippen molar-refractivity contribution < 1.29 is 9.53 Å². The van der Waals surface area contributed by atoms with E-state index in [0.29, 0.717) is 6.42 Å². The minimum atomic E-state index is -0.248. The van der Waals surface area contributed by atoms with Crippen LogP contribution in [0, 0.1) is 12.3 Å². The number of ketones is 1. The van der Waals surface area contributed by atoms with Gasteiger partial charge in [-0.2, -0.15) is 9.78 Å². The number of hydrogen-bond acceptors (Lipinski definition) is 6. The van der Waals surface area contributed by atoms with Gasteiger partial charge in [-0.25, -0.2) is 4.98 Å². The molecule has 0 unspecified atom stereocenters. The number of benzene rings is 3. The number of aromatic nitrogens is 3. The number of thiazole rings is 1. The van der Waals surface area contributed by atoms with E-state index in [1.165, 1.54) is 0 Å². The van der Waals surface area contributed by atoms with Crippen LogP contribution in [-0.4, -0.2) is 20.5 Å². The zero-order chi connectivity index (χ0) is 26.7. The van der Waals surface area contributed by atoms with E-state index in [-0.39, 0.29) is 17.1 Å². The maximum atomic E-state index is 13.8. The Balaban J connectivity index is 1.40. The van der Waals surface area contributed by atoms with E-state index in [1.54, 1.807) is 11.3 Å². The maximum Gasteiger partial charge on any atom is 0.213 e. The van der Waals surface area contributed by atoms with Gasteiger partial charge in [-0.05, 0) is 60.7 Å². The van der Waals surface area contributed by atoms with E-state index in [2.05, 4.69) is 37.4 Å². The lowest BCUT2D eigenvalue weighted by Gasteiger charge is -2.38. The zero-order valence-electron chi connectivity index (χ0n) is 22.1. The molecule has 1 N–H and O–H groups in total. The number of hydrogen-bond donors (Lipinski definition) is 1. The third-order valence-corrected chi connectivity index (χ3v) is 8.52. The second-order valence-corrected chi connectivity index (χ2v) is 12.1. The van der Waals surface area contributed by atoms with Gasteiger partial charge < -0.3 is 10.1 Å². The highest BCUT2D eigenvalue weighted by molar-refractivity contribution is 7.20. The first-order chi connectivity index (χ1) is 18.9. The fourth-order valence-electron chi connectivity index (χ4n) is 5.88. The molecule has 0 radical (unpaired) electrons. The molecule has 0 fully saturated rings. The van der Waals surface area contributed by atoms with Crippen molar-refractivity contribution in [1.29, 1.82) is 0 Å². The number of allylic oxidation sites excluding steroid dienone is 2. The highest BCUT2D eigenvalue weighted by Gasteiger charge is 2.43. The normalized spacial score (nSPS) is 18.0. The van der Waals surface area contributed by atoms with E-state index in [9.17, 15) is 4.79 Å². The van der Waals surface area contributed by atoms with Crippen LogP contribution in [0.15, 0.2) is 90.1 Å². The van der Waals surface area contributed by atoms with Gasteiger partial charge >= 0.3 is 0 Å². The summed E-state index contributed by atoms with van der Waals surface area (Å²) in [6.45, 7) is 6.33. The Morgan fingerprint density at radius 1 is 0.974 bits per heavy atom. The molecule has 0 saturated heterocycles. The summed E-state index contributed by atoms with van der Waals surface area (Å²) in [6, 6.07) is 26.0. The molecule has 194 valence electrons. The quantitative estimate of drug-likeness (QED) is 0.256. The molecule has 3 heterocycles. The first-order valence-electron chi connectivity index (χ1n) is 13.2. The predicted octanol–water partition coefficient (Wildman–Crippen LogP) is 7.78. The van der Waals surface area contributed by atoms with Crippen LogP contribution in [0.1, 0.15) is 49.4 Å². The minimum absolute atomic E-state index is 0.126. The van der Waals surface area contributed by atoms with Crippen molar-refractivity contribution in [3.63, 3.8) is 0 Å². The van der Waals surface area contributed by atoms with Gasteiger partial charge in [0.25, 0.3) is 0 Å². The van der Waals surface area contributed by atoms with Crippen molar-refractivity contribution in [1.82, 2.24) is 14.8 Å². The largest absolute Gasteiger partial charge is 0.457 e. The lowest BCUT2D eigenvalue weighted by atomic mass is 9.69. The van der Waals surface area contributed by atoms with Crippen molar-refractivity contribution in [2.45, 2.75) is 39.5 Å². The third kappa shape index (κ3) is 4.14. The van der Waals surface area contributed by atoms with Crippen molar-refractivity contribution in [2.24, 2.45) is 5.41 Å². The zero-order valence-corrected chi connectivity index (χ0v) is 22.9. The van der Waals surface area contributed by atoms with Gasteiger partial charge in [-0.3, -0.25) is 4.79 Å². The average Bonchev–Trinajstić information content (AvgIpc) is 3.48. The Bertz CT molecular complexity index is 1750. The predicted molar refractivity (Wildman–Crippen MR) is 155 cm³/mol.